The van der Waals surface area contributed by atoms with Crippen LogP contribution in [0.3, 0.4) is 0 Å². The molecule has 2 aromatic heterocycles. The highest BCUT2D eigenvalue weighted by atomic mass is 127. The van der Waals surface area contributed by atoms with Gasteiger partial charge in [0.1, 0.15) is 13.7 Å². The van der Waals surface area contributed by atoms with Crippen LogP contribution in [0.4, 0.5) is 0 Å². The van der Waals surface area contributed by atoms with E-state index in [9.17, 15) is 0 Å². The van der Waals surface area contributed by atoms with Gasteiger partial charge in [-0.3, -0.25) is 0 Å². The fourth-order valence-electron chi connectivity index (χ4n) is 1.32. The molecular formula is C11H12IN3OS. The maximum absolute atomic E-state index is 5.43. The van der Waals surface area contributed by atoms with Crippen molar-refractivity contribution in [1.82, 2.24) is 8.75 Å². The number of pyridine rings is 1. The third kappa shape index (κ3) is 3.47. The van der Waals surface area contributed by atoms with Crippen molar-refractivity contribution in [3.63, 3.8) is 0 Å². The van der Waals surface area contributed by atoms with Crippen LogP contribution in [0.1, 0.15) is 0 Å². The van der Waals surface area contributed by atoms with Crippen molar-refractivity contribution in [2.24, 2.45) is 7.05 Å². The van der Waals surface area contributed by atoms with Gasteiger partial charge in [-0.05, 0) is 6.07 Å². The second-order valence-electron chi connectivity index (χ2n) is 3.28. The second kappa shape index (κ2) is 6.65. The molecule has 0 aliphatic carbocycles. The molecular weight excluding hydrogens is 349 g/mol. The quantitative estimate of drug-likeness (QED) is 0.382. The predicted molar refractivity (Wildman–Crippen MR) is 62.2 cm³/mol. The number of rotatable bonds is 4. The first-order valence-corrected chi connectivity index (χ1v) is 5.56. The second-order valence-corrected chi connectivity index (χ2v) is 3.80. The van der Waals surface area contributed by atoms with E-state index in [2.05, 4.69) is 15.3 Å². The summed E-state index contributed by atoms with van der Waals surface area (Å²) in [5, 5.41) is 0. The Morgan fingerprint density at radius 2 is 2.35 bits per heavy atom. The molecule has 4 nitrogen and oxygen atoms in total. The Morgan fingerprint density at radius 3 is 3.06 bits per heavy atom. The maximum atomic E-state index is 5.43. The predicted octanol–water partition coefficient (Wildman–Crippen LogP) is -1.40. The summed E-state index contributed by atoms with van der Waals surface area (Å²) in [6.07, 6.45) is 5.64. The zero-order chi connectivity index (χ0) is 11.4. The Kier molecular flexibility index (Phi) is 5.49. The molecule has 0 saturated heterocycles. The summed E-state index contributed by atoms with van der Waals surface area (Å²) in [6, 6.07) is 3.95. The molecule has 0 unspecified atom stereocenters. The first-order chi connectivity index (χ1) is 7.81. The molecule has 0 saturated carbocycles. The number of aromatic nitrogens is 3. The van der Waals surface area contributed by atoms with Crippen molar-refractivity contribution in [2.75, 3.05) is 6.61 Å². The van der Waals surface area contributed by atoms with Gasteiger partial charge in [0.25, 0.3) is 5.88 Å². The normalized spacial score (nSPS) is 9.47. The third-order valence-electron chi connectivity index (χ3n) is 2.01. The lowest BCUT2D eigenvalue weighted by Crippen LogP contribution is -3.00. The van der Waals surface area contributed by atoms with E-state index in [0.29, 0.717) is 12.5 Å². The van der Waals surface area contributed by atoms with Gasteiger partial charge in [-0.15, -0.1) is 4.37 Å². The minimum absolute atomic E-state index is 0. The molecule has 2 heterocycles. The molecule has 6 heteroatoms. The van der Waals surface area contributed by atoms with E-state index in [-0.39, 0.29) is 24.0 Å². The monoisotopic (exact) mass is 361 g/mol. The first-order valence-electron chi connectivity index (χ1n) is 4.83. The SMILES string of the molecule is C=CCOc1nsnc1-c1ccc[n+](C)c1.[I-]. The molecule has 0 aliphatic rings. The molecule has 0 aliphatic heterocycles. The van der Waals surface area contributed by atoms with Crippen LogP contribution < -0.4 is 33.3 Å². The zero-order valence-electron chi connectivity index (χ0n) is 9.34. The molecule has 0 atom stereocenters. The van der Waals surface area contributed by atoms with Crippen molar-refractivity contribution in [1.29, 1.82) is 0 Å². The van der Waals surface area contributed by atoms with E-state index in [1.54, 1.807) is 6.08 Å². The number of ether oxygens (including phenoxy) is 1. The van der Waals surface area contributed by atoms with Gasteiger partial charge >= 0.3 is 0 Å². The van der Waals surface area contributed by atoms with Gasteiger partial charge in [0, 0.05) is 6.07 Å². The van der Waals surface area contributed by atoms with Crippen LogP contribution in [0.2, 0.25) is 0 Å². The van der Waals surface area contributed by atoms with E-state index in [1.807, 2.05) is 36.1 Å². The molecule has 2 rings (SSSR count). The molecule has 0 fully saturated rings. The number of nitrogens with zero attached hydrogens (tertiary/aromatic N) is 3. The summed E-state index contributed by atoms with van der Waals surface area (Å²) in [7, 11) is 1.97. The Balaban J connectivity index is 0.00000144. The standard InChI is InChI=1S/C11H12N3OS.HI/c1-3-7-15-11-10(12-16-13-11)9-5-4-6-14(2)8-9;/h3-6,8H,1,7H2,2H3;1H/q+1;/p-1. The van der Waals surface area contributed by atoms with Crippen LogP contribution >= 0.6 is 11.7 Å². The van der Waals surface area contributed by atoms with Crippen LogP contribution in [0.15, 0.2) is 37.2 Å². The van der Waals surface area contributed by atoms with Crippen LogP contribution in [0.25, 0.3) is 11.3 Å². The lowest BCUT2D eigenvalue weighted by molar-refractivity contribution is -0.671. The highest BCUT2D eigenvalue weighted by molar-refractivity contribution is 6.99. The van der Waals surface area contributed by atoms with Crippen LogP contribution in [-0.2, 0) is 7.05 Å². The average Bonchev–Trinajstić information content (AvgIpc) is 2.74. The average molecular weight is 361 g/mol. The van der Waals surface area contributed by atoms with Crippen LogP contribution in [-0.4, -0.2) is 15.4 Å². The summed E-state index contributed by atoms with van der Waals surface area (Å²) in [4.78, 5) is 0. The Bertz CT molecular complexity index is 501. The summed E-state index contributed by atoms with van der Waals surface area (Å²) in [5.74, 6) is 0.566. The van der Waals surface area contributed by atoms with Crippen LogP contribution in [0, 0.1) is 0 Å². The summed E-state index contributed by atoms with van der Waals surface area (Å²) in [6.45, 7) is 4.04. The van der Waals surface area contributed by atoms with Gasteiger partial charge in [0.05, 0.1) is 17.3 Å². The van der Waals surface area contributed by atoms with E-state index in [4.69, 9.17) is 4.74 Å². The summed E-state index contributed by atoms with van der Waals surface area (Å²) in [5.41, 5.74) is 1.78. The van der Waals surface area contributed by atoms with Gasteiger partial charge in [-0.25, -0.2) is 4.57 Å². The zero-order valence-corrected chi connectivity index (χ0v) is 12.3. The fourth-order valence-corrected chi connectivity index (χ4v) is 1.84. The topological polar surface area (TPSA) is 38.9 Å². The Hall–Kier alpha value is -1.02. The van der Waals surface area contributed by atoms with E-state index >= 15 is 0 Å². The molecule has 0 amide bonds. The van der Waals surface area contributed by atoms with E-state index in [1.165, 1.54) is 0 Å². The minimum atomic E-state index is 0. The lowest BCUT2D eigenvalue weighted by atomic mass is 10.2. The highest BCUT2D eigenvalue weighted by Crippen LogP contribution is 2.26. The van der Waals surface area contributed by atoms with Gasteiger partial charge in [0.15, 0.2) is 18.1 Å². The number of halogens is 1. The van der Waals surface area contributed by atoms with Crippen molar-refractivity contribution in [3.8, 4) is 17.1 Å². The van der Waals surface area contributed by atoms with Gasteiger partial charge in [-0.2, -0.15) is 4.37 Å². The highest BCUT2D eigenvalue weighted by Gasteiger charge is 2.13. The maximum Gasteiger partial charge on any atom is 0.254 e. The largest absolute Gasteiger partial charge is 1.00 e. The Morgan fingerprint density at radius 1 is 1.53 bits per heavy atom. The molecule has 2 aromatic rings. The van der Waals surface area contributed by atoms with E-state index in [0.717, 1.165) is 23.0 Å². The van der Waals surface area contributed by atoms with Gasteiger partial charge in [-0.1, -0.05) is 12.7 Å². The minimum Gasteiger partial charge on any atom is -1.00 e. The molecule has 0 aromatic carbocycles. The van der Waals surface area contributed by atoms with Crippen molar-refractivity contribution >= 4 is 11.7 Å². The molecule has 17 heavy (non-hydrogen) atoms. The fraction of sp³-hybridized carbons (Fsp3) is 0.182. The smallest absolute Gasteiger partial charge is 0.254 e. The first kappa shape index (κ1) is 14.0. The Labute approximate surface area is 121 Å². The summed E-state index contributed by atoms with van der Waals surface area (Å²) >= 11 is 1.15. The summed E-state index contributed by atoms with van der Waals surface area (Å²) < 4.78 is 15.7. The third-order valence-corrected chi connectivity index (χ3v) is 2.52. The van der Waals surface area contributed by atoms with Gasteiger partial charge in [0.2, 0.25) is 0 Å². The molecule has 0 spiro atoms. The number of hydrogen-bond donors (Lipinski definition) is 0. The van der Waals surface area contributed by atoms with Crippen molar-refractivity contribution in [2.45, 2.75) is 0 Å². The lowest BCUT2D eigenvalue weighted by Gasteiger charge is -2.00. The number of hydrogen-bond acceptors (Lipinski definition) is 4. The van der Waals surface area contributed by atoms with E-state index < -0.39 is 0 Å². The molecule has 90 valence electrons. The molecule has 0 N–H and O–H groups in total. The molecule has 0 bridgehead atoms. The number of aryl methyl sites for hydroxylation is 1. The van der Waals surface area contributed by atoms with Crippen molar-refractivity contribution < 1.29 is 33.3 Å². The van der Waals surface area contributed by atoms with Crippen LogP contribution in [0.5, 0.6) is 5.88 Å². The molecule has 0 radical (unpaired) electrons. The van der Waals surface area contributed by atoms with Crippen molar-refractivity contribution in [3.05, 3.63) is 37.2 Å². The van der Waals surface area contributed by atoms with Gasteiger partial charge < -0.3 is 28.7 Å².